The van der Waals surface area contributed by atoms with Gasteiger partial charge in [0.2, 0.25) is 0 Å². The van der Waals surface area contributed by atoms with Gasteiger partial charge in [-0.1, -0.05) is 18.2 Å². The highest BCUT2D eigenvalue weighted by Crippen LogP contribution is 2.48. The van der Waals surface area contributed by atoms with Crippen molar-refractivity contribution >= 4 is 35.8 Å². The molecule has 2 aromatic rings. The van der Waals surface area contributed by atoms with Gasteiger partial charge in [-0.05, 0) is 61.9 Å². The molecular formula is C23H31FIN5. The lowest BCUT2D eigenvalue weighted by Crippen LogP contribution is -2.41. The molecule has 1 saturated heterocycles. The number of anilines is 1. The van der Waals surface area contributed by atoms with E-state index in [0.717, 1.165) is 55.4 Å². The Balaban J connectivity index is 0.00000256. The summed E-state index contributed by atoms with van der Waals surface area (Å²) in [4.78, 5) is 11.6. The maximum Gasteiger partial charge on any atom is 0.191 e. The van der Waals surface area contributed by atoms with E-state index in [4.69, 9.17) is 4.99 Å². The molecule has 1 saturated carbocycles. The quantitative estimate of drug-likeness (QED) is 0.324. The second kappa shape index (κ2) is 10.4. The number of aliphatic imine (C=N–C) groups is 1. The molecule has 2 N–H and O–H groups in total. The van der Waals surface area contributed by atoms with Crippen LogP contribution in [0.25, 0.3) is 0 Å². The van der Waals surface area contributed by atoms with Crippen LogP contribution in [0.3, 0.4) is 0 Å². The number of pyridine rings is 1. The van der Waals surface area contributed by atoms with Crippen molar-refractivity contribution in [3.63, 3.8) is 0 Å². The predicted molar refractivity (Wildman–Crippen MR) is 131 cm³/mol. The fraction of sp³-hybridized carbons (Fsp3) is 0.478. The number of nitrogens with one attached hydrogen (secondary N) is 2. The molecule has 0 radical (unpaired) electrons. The lowest BCUT2D eigenvalue weighted by molar-refractivity contribution is 0.559. The first-order valence-electron chi connectivity index (χ1n) is 10.7. The number of benzene rings is 1. The highest BCUT2D eigenvalue weighted by molar-refractivity contribution is 14.0. The first kappa shape index (κ1) is 22.8. The first-order chi connectivity index (χ1) is 14.2. The number of hydrogen-bond donors (Lipinski definition) is 2. The van der Waals surface area contributed by atoms with Crippen LogP contribution in [-0.2, 0) is 12.0 Å². The molecule has 30 heavy (non-hydrogen) atoms. The van der Waals surface area contributed by atoms with Crippen LogP contribution in [0.4, 0.5) is 10.2 Å². The summed E-state index contributed by atoms with van der Waals surface area (Å²) in [6.07, 6.45) is 6.36. The highest BCUT2D eigenvalue weighted by Gasteiger charge is 2.45. The minimum absolute atomic E-state index is 0. The third-order valence-corrected chi connectivity index (χ3v) is 5.90. The second-order valence-corrected chi connectivity index (χ2v) is 8.03. The number of guanidine groups is 1. The van der Waals surface area contributed by atoms with E-state index in [0.29, 0.717) is 13.1 Å². The van der Waals surface area contributed by atoms with Crippen LogP contribution >= 0.6 is 24.0 Å². The van der Waals surface area contributed by atoms with E-state index in [1.54, 1.807) is 12.1 Å². The van der Waals surface area contributed by atoms with Crippen molar-refractivity contribution in [1.29, 1.82) is 0 Å². The van der Waals surface area contributed by atoms with Crippen molar-refractivity contribution in [2.24, 2.45) is 4.99 Å². The number of nitrogens with zero attached hydrogens (tertiary/aromatic N) is 3. The molecule has 4 rings (SSSR count). The Morgan fingerprint density at radius 3 is 2.63 bits per heavy atom. The number of hydrogen-bond acceptors (Lipinski definition) is 3. The van der Waals surface area contributed by atoms with Gasteiger partial charge < -0.3 is 15.5 Å². The molecule has 0 bridgehead atoms. The van der Waals surface area contributed by atoms with Crippen molar-refractivity contribution < 1.29 is 4.39 Å². The maximum absolute atomic E-state index is 14.2. The fourth-order valence-corrected chi connectivity index (χ4v) is 4.03. The second-order valence-electron chi connectivity index (χ2n) is 8.03. The van der Waals surface area contributed by atoms with Crippen molar-refractivity contribution in [2.45, 2.75) is 44.6 Å². The molecule has 0 unspecified atom stereocenters. The van der Waals surface area contributed by atoms with Gasteiger partial charge in [0.05, 0.1) is 6.54 Å². The van der Waals surface area contributed by atoms with Gasteiger partial charge in [-0.15, -0.1) is 24.0 Å². The summed E-state index contributed by atoms with van der Waals surface area (Å²) in [6, 6.07) is 11.3. The zero-order chi connectivity index (χ0) is 20.1. The molecule has 1 aromatic carbocycles. The fourth-order valence-electron chi connectivity index (χ4n) is 4.03. The molecule has 0 amide bonds. The zero-order valence-corrected chi connectivity index (χ0v) is 19.9. The lowest BCUT2D eigenvalue weighted by Gasteiger charge is -2.20. The predicted octanol–water partition coefficient (Wildman–Crippen LogP) is 4.23. The Bertz CT molecular complexity index is 862. The van der Waals surface area contributed by atoms with Crippen molar-refractivity contribution in [1.82, 2.24) is 15.6 Å². The normalized spacial score (nSPS) is 17.4. The maximum atomic E-state index is 14.2. The van der Waals surface area contributed by atoms with Crippen LogP contribution in [-0.4, -0.2) is 37.1 Å². The Labute approximate surface area is 195 Å². The van der Waals surface area contributed by atoms with Gasteiger partial charge in [-0.2, -0.15) is 0 Å². The van der Waals surface area contributed by atoms with Crippen LogP contribution in [0.2, 0.25) is 0 Å². The zero-order valence-electron chi connectivity index (χ0n) is 17.5. The molecule has 0 atom stereocenters. The van der Waals surface area contributed by atoms with E-state index in [1.807, 2.05) is 24.4 Å². The number of rotatable bonds is 7. The Morgan fingerprint density at radius 2 is 1.93 bits per heavy atom. The summed E-state index contributed by atoms with van der Waals surface area (Å²) < 4.78 is 14.2. The van der Waals surface area contributed by atoms with Crippen LogP contribution in [0.1, 0.15) is 43.7 Å². The third-order valence-electron chi connectivity index (χ3n) is 5.90. The Kier molecular flexibility index (Phi) is 7.91. The molecule has 1 aliphatic carbocycles. The molecule has 0 spiro atoms. The lowest BCUT2D eigenvalue weighted by atomic mass is 9.95. The van der Waals surface area contributed by atoms with Gasteiger partial charge >= 0.3 is 0 Å². The summed E-state index contributed by atoms with van der Waals surface area (Å²) in [5.41, 5.74) is 1.85. The molecule has 2 aliphatic rings. The summed E-state index contributed by atoms with van der Waals surface area (Å²) in [6.45, 7) is 6.29. The van der Waals surface area contributed by atoms with Gasteiger partial charge in [-0.25, -0.2) is 14.4 Å². The summed E-state index contributed by atoms with van der Waals surface area (Å²) >= 11 is 0. The molecule has 2 heterocycles. The van der Waals surface area contributed by atoms with E-state index in [1.165, 1.54) is 12.8 Å². The van der Waals surface area contributed by atoms with Gasteiger partial charge in [-0.3, -0.25) is 0 Å². The van der Waals surface area contributed by atoms with E-state index < -0.39 is 0 Å². The van der Waals surface area contributed by atoms with E-state index in [9.17, 15) is 4.39 Å². The molecule has 5 nitrogen and oxygen atoms in total. The van der Waals surface area contributed by atoms with Crippen molar-refractivity contribution in [2.75, 3.05) is 31.1 Å². The molecule has 1 aromatic heterocycles. The third kappa shape index (κ3) is 5.42. The molecule has 1 aliphatic heterocycles. The van der Waals surface area contributed by atoms with Crippen LogP contribution in [0, 0.1) is 5.82 Å². The minimum atomic E-state index is -0.111. The monoisotopic (exact) mass is 523 g/mol. The molecular weight excluding hydrogens is 492 g/mol. The Hall–Kier alpha value is -1.90. The van der Waals surface area contributed by atoms with Crippen molar-refractivity contribution in [3.8, 4) is 0 Å². The topological polar surface area (TPSA) is 52.6 Å². The average molecular weight is 523 g/mol. The van der Waals surface area contributed by atoms with Crippen LogP contribution in [0.5, 0.6) is 0 Å². The van der Waals surface area contributed by atoms with Crippen molar-refractivity contribution in [3.05, 3.63) is 59.5 Å². The summed E-state index contributed by atoms with van der Waals surface area (Å²) in [5, 5.41) is 6.74. The first-order valence-corrected chi connectivity index (χ1v) is 10.7. The largest absolute Gasteiger partial charge is 0.357 e. The van der Waals surface area contributed by atoms with E-state index in [2.05, 4.69) is 33.5 Å². The Morgan fingerprint density at radius 1 is 1.17 bits per heavy atom. The standard InChI is InChI=1S/C23H30FN5.HI/c1-2-25-22(28-17-23(10-11-23)19-7-3-4-8-20(19)24)27-16-18-9-12-26-21(15-18)29-13-5-6-14-29;/h3-4,7-9,12,15H,2,5-6,10-11,13-14,16-17H2,1H3,(H2,25,27,28);1H. The molecule has 2 fully saturated rings. The van der Waals surface area contributed by atoms with Gasteiger partial charge in [0.25, 0.3) is 0 Å². The van der Waals surface area contributed by atoms with Gasteiger partial charge in [0.15, 0.2) is 5.96 Å². The average Bonchev–Trinajstić information content (AvgIpc) is 3.32. The van der Waals surface area contributed by atoms with Gasteiger partial charge in [0.1, 0.15) is 11.6 Å². The summed E-state index contributed by atoms with van der Waals surface area (Å²) in [5.74, 6) is 1.71. The van der Waals surface area contributed by atoms with Gasteiger partial charge in [0, 0.05) is 37.8 Å². The SMILES string of the molecule is CCNC(=NCc1ccnc(N2CCCC2)c1)NCC1(c2ccccc2F)CC1.I. The smallest absolute Gasteiger partial charge is 0.191 e. The number of aromatic nitrogens is 1. The molecule has 162 valence electrons. The van der Waals surface area contributed by atoms with Crippen LogP contribution < -0.4 is 15.5 Å². The highest BCUT2D eigenvalue weighted by atomic mass is 127. The summed E-state index contributed by atoms with van der Waals surface area (Å²) in [7, 11) is 0. The van der Waals surface area contributed by atoms with E-state index in [-0.39, 0.29) is 35.2 Å². The van der Waals surface area contributed by atoms with E-state index >= 15 is 0 Å². The minimum Gasteiger partial charge on any atom is -0.357 e. The van der Waals surface area contributed by atoms with Crippen LogP contribution in [0.15, 0.2) is 47.6 Å². The molecule has 7 heteroatoms. The number of halogens is 2.